The van der Waals surface area contributed by atoms with Crippen LogP contribution in [0.5, 0.6) is 0 Å². The number of rotatable bonds is 8. The standard InChI is InChI=1S/C22H34O4Si/c1-15-11-16(2)20(17(3)12-15)10-9-18(23)13-19(14-21(24)25)26-27(7,8)22(4,5)6/h9-12,19H,13-14H2,1-8H3,(H,24,25)/t19-/m1/s1. The molecule has 0 aliphatic rings. The average molecular weight is 391 g/mol. The number of hydrogen-bond donors (Lipinski definition) is 1. The van der Waals surface area contributed by atoms with Gasteiger partial charge >= 0.3 is 5.97 Å². The van der Waals surface area contributed by atoms with Crippen LogP contribution in [0.4, 0.5) is 0 Å². The van der Waals surface area contributed by atoms with E-state index in [2.05, 4.69) is 46.0 Å². The average Bonchev–Trinajstić information content (AvgIpc) is 2.43. The largest absolute Gasteiger partial charge is 0.481 e. The number of aryl methyl sites for hydroxylation is 3. The number of carbonyl (C=O) groups excluding carboxylic acids is 1. The molecule has 0 saturated carbocycles. The highest BCUT2D eigenvalue weighted by molar-refractivity contribution is 6.74. The first kappa shape index (κ1) is 23.3. The second-order valence-corrected chi connectivity index (χ2v) is 13.7. The Morgan fingerprint density at radius 3 is 2.07 bits per heavy atom. The van der Waals surface area contributed by atoms with Crippen molar-refractivity contribution >= 4 is 26.1 Å². The van der Waals surface area contributed by atoms with Crippen LogP contribution in [0.25, 0.3) is 6.08 Å². The molecule has 4 nitrogen and oxygen atoms in total. The van der Waals surface area contributed by atoms with Gasteiger partial charge in [-0.15, -0.1) is 0 Å². The first-order chi connectivity index (χ1) is 12.2. The number of benzene rings is 1. The predicted octanol–water partition coefficient (Wildman–Crippen LogP) is 5.45. The highest BCUT2D eigenvalue weighted by Crippen LogP contribution is 2.38. The van der Waals surface area contributed by atoms with Gasteiger partial charge in [0.15, 0.2) is 14.1 Å². The Bertz CT molecular complexity index is 703. The van der Waals surface area contributed by atoms with Crippen molar-refractivity contribution in [3.63, 3.8) is 0 Å². The van der Waals surface area contributed by atoms with Crippen molar-refractivity contribution in [1.29, 1.82) is 0 Å². The predicted molar refractivity (Wildman–Crippen MR) is 114 cm³/mol. The summed E-state index contributed by atoms with van der Waals surface area (Å²) >= 11 is 0. The van der Waals surface area contributed by atoms with E-state index < -0.39 is 20.4 Å². The molecule has 1 aromatic rings. The molecule has 0 spiro atoms. The van der Waals surface area contributed by atoms with Gasteiger partial charge in [0, 0.05) is 6.42 Å². The zero-order valence-corrected chi connectivity index (χ0v) is 19.0. The van der Waals surface area contributed by atoms with Crippen LogP contribution in [-0.4, -0.2) is 31.3 Å². The summed E-state index contributed by atoms with van der Waals surface area (Å²) in [6.45, 7) is 16.5. The molecule has 0 unspecified atom stereocenters. The molecule has 1 rings (SSSR count). The van der Waals surface area contributed by atoms with E-state index in [9.17, 15) is 14.7 Å². The maximum atomic E-state index is 12.5. The zero-order chi connectivity index (χ0) is 21.0. The van der Waals surface area contributed by atoms with Crippen LogP contribution in [0, 0.1) is 20.8 Å². The zero-order valence-electron chi connectivity index (χ0n) is 18.0. The third-order valence-electron chi connectivity index (χ3n) is 5.27. The number of hydrogen-bond acceptors (Lipinski definition) is 3. The Morgan fingerprint density at radius 1 is 1.11 bits per heavy atom. The maximum Gasteiger partial charge on any atom is 0.305 e. The Morgan fingerprint density at radius 2 is 1.63 bits per heavy atom. The number of aliphatic carboxylic acids is 1. The number of carboxylic acids is 1. The molecule has 27 heavy (non-hydrogen) atoms. The Hall–Kier alpha value is -1.72. The van der Waals surface area contributed by atoms with Gasteiger partial charge in [0.1, 0.15) is 0 Å². The molecule has 1 N–H and O–H groups in total. The molecule has 0 aliphatic carbocycles. The molecule has 1 aromatic carbocycles. The number of allylic oxidation sites excluding steroid dienone is 1. The molecule has 0 aromatic heterocycles. The first-order valence-corrected chi connectivity index (χ1v) is 12.3. The lowest BCUT2D eigenvalue weighted by Gasteiger charge is -2.38. The fourth-order valence-electron chi connectivity index (χ4n) is 2.87. The SMILES string of the molecule is Cc1cc(C)c(C=CC(=O)C[C@H](CC(=O)O)O[Si](C)(C)C(C)(C)C)c(C)c1. The van der Waals surface area contributed by atoms with E-state index in [1.54, 1.807) is 6.08 Å². The van der Waals surface area contributed by atoms with Crippen molar-refractivity contribution in [2.45, 2.75) is 78.6 Å². The van der Waals surface area contributed by atoms with Gasteiger partial charge in [-0.2, -0.15) is 0 Å². The Balaban J connectivity index is 2.93. The third kappa shape index (κ3) is 7.07. The molecule has 1 atom stereocenters. The molecule has 0 saturated heterocycles. The quantitative estimate of drug-likeness (QED) is 0.473. The molecule has 0 aliphatic heterocycles. The summed E-state index contributed by atoms with van der Waals surface area (Å²) in [5.41, 5.74) is 4.47. The van der Waals surface area contributed by atoms with Crippen molar-refractivity contribution in [2.75, 3.05) is 0 Å². The smallest absolute Gasteiger partial charge is 0.305 e. The van der Waals surface area contributed by atoms with E-state index in [1.807, 2.05) is 26.8 Å². The summed E-state index contributed by atoms with van der Waals surface area (Å²) in [7, 11) is -2.15. The fraction of sp³-hybridized carbons (Fsp3) is 0.545. The highest BCUT2D eigenvalue weighted by Gasteiger charge is 2.39. The van der Waals surface area contributed by atoms with Gasteiger partial charge in [-0.25, -0.2) is 0 Å². The Labute approximate surface area is 164 Å². The molecule has 150 valence electrons. The lowest BCUT2D eigenvalue weighted by molar-refractivity contribution is -0.139. The second kappa shape index (κ2) is 8.98. The van der Waals surface area contributed by atoms with E-state index in [4.69, 9.17) is 4.43 Å². The minimum atomic E-state index is -2.15. The van der Waals surface area contributed by atoms with Crippen LogP contribution >= 0.6 is 0 Å². The Kier molecular flexibility index (Phi) is 7.75. The lowest BCUT2D eigenvalue weighted by atomic mass is 9.99. The van der Waals surface area contributed by atoms with E-state index in [0.29, 0.717) is 0 Å². The minimum absolute atomic E-state index is 0.0429. The minimum Gasteiger partial charge on any atom is -0.481 e. The number of carbonyl (C=O) groups is 2. The van der Waals surface area contributed by atoms with Crippen LogP contribution in [0.3, 0.4) is 0 Å². The monoisotopic (exact) mass is 390 g/mol. The number of ketones is 1. The molecule has 0 amide bonds. The van der Waals surface area contributed by atoms with Crippen molar-refractivity contribution in [1.82, 2.24) is 0 Å². The van der Waals surface area contributed by atoms with Gasteiger partial charge < -0.3 is 9.53 Å². The summed E-state index contributed by atoms with van der Waals surface area (Å²) in [6, 6.07) is 4.18. The van der Waals surface area contributed by atoms with Gasteiger partial charge in [0.05, 0.1) is 12.5 Å². The van der Waals surface area contributed by atoms with Crippen LogP contribution in [-0.2, 0) is 14.0 Å². The van der Waals surface area contributed by atoms with Crippen molar-refractivity contribution in [3.05, 3.63) is 40.5 Å². The van der Waals surface area contributed by atoms with Crippen LogP contribution in [0.15, 0.2) is 18.2 Å². The normalized spacial score (nSPS) is 13.8. The molecule has 0 bridgehead atoms. The van der Waals surface area contributed by atoms with Gasteiger partial charge in [0.25, 0.3) is 0 Å². The molecule has 0 heterocycles. The van der Waals surface area contributed by atoms with Crippen molar-refractivity contribution < 1.29 is 19.1 Å². The number of carboxylic acid groups (broad SMARTS) is 1. The first-order valence-electron chi connectivity index (χ1n) is 9.41. The molecule has 0 fully saturated rings. The van der Waals surface area contributed by atoms with E-state index >= 15 is 0 Å². The van der Waals surface area contributed by atoms with Gasteiger partial charge in [-0.3, -0.25) is 9.59 Å². The third-order valence-corrected chi connectivity index (χ3v) is 9.81. The molecule has 0 radical (unpaired) electrons. The second-order valence-electron chi connectivity index (χ2n) is 8.91. The molecular formula is C22H34O4Si. The van der Waals surface area contributed by atoms with Gasteiger partial charge in [-0.05, 0) is 61.7 Å². The van der Waals surface area contributed by atoms with E-state index in [0.717, 1.165) is 16.7 Å². The summed E-state index contributed by atoms with van der Waals surface area (Å²) in [5, 5.41) is 9.17. The van der Waals surface area contributed by atoms with Crippen LogP contribution in [0.2, 0.25) is 18.1 Å². The van der Waals surface area contributed by atoms with Gasteiger partial charge in [-0.1, -0.05) is 44.5 Å². The maximum absolute atomic E-state index is 12.5. The highest BCUT2D eigenvalue weighted by atomic mass is 28.4. The van der Waals surface area contributed by atoms with E-state index in [-0.39, 0.29) is 23.7 Å². The fourth-order valence-corrected chi connectivity index (χ4v) is 4.22. The summed E-state index contributed by atoms with van der Waals surface area (Å²) in [5.74, 6) is -1.06. The topological polar surface area (TPSA) is 63.6 Å². The summed E-state index contributed by atoms with van der Waals surface area (Å²) < 4.78 is 6.20. The summed E-state index contributed by atoms with van der Waals surface area (Å²) in [4.78, 5) is 23.7. The van der Waals surface area contributed by atoms with Crippen molar-refractivity contribution in [3.8, 4) is 0 Å². The molecule has 5 heteroatoms. The van der Waals surface area contributed by atoms with E-state index in [1.165, 1.54) is 5.56 Å². The van der Waals surface area contributed by atoms with Crippen LogP contribution in [0.1, 0.15) is 55.9 Å². The van der Waals surface area contributed by atoms with Crippen molar-refractivity contribution in [2.24, 2.45) is 0 Å². The van der Waals surface area contributed by atoms with Gasteiger partial charge in [0.2, 0.25) is 0 Å². The van der Waals surface area contributed by atoms with Crippen LogP contribution < -0.4 is 0 Å². The molecular weight excluding hydrogens is 356 g/mol. The summed E-state index contributed by atoms with van der Waals surface area (Å²) in [6.07, 6.45) is 2.71. The lowest BCUT2D eigenvalue weighted by Crippen LogP contribution is -2.44.